The Morgan fingerprint density at radius 3 is 2.68 bits per heavy atom. The van der Waals surface area contributed by atoms with Crippen LogP contribution >= 0.6 is 12.4 Å². The van der Waals surface area contributed by atoms with Gasteiger partial charge in [-0.2, -0.15) is 13.2 Å². The highest BCUT2D eigenvalue weighted by Gasteiger charge is 2.41. The average molecular weight is 298 g/mol. The van der Waals surface area contributed by atoms with Gasteiger partial charge in [-0.1, -0.05) is 6.07 Å². The Balaban J connectivity index is 0.00000133. The molecule has 106 valence electrons. The molecule has 7 heteroatoms. The molecule has 19 heavy (non-hydrogen) atoms. The van der Waals surface area contributed by atoms with Crippen LogP contribution in [0.3, 0.4) is 0 Å². The predicted molar refractivity (Wildman–Crippen MR) is 62.8 cm³/mol. The van der Waals surface area contributed by atoms with E-state index >= 15 is 0 Å². The number of benzene rings is 1. The van der Waals surface area contributed by atoms with E-state index in [9.17, 15) is 17.6 Å². The lowest BCUT2D eigenvalue weighted by atomic mass is 10.0. The maximum Gasteiger partial charge on any atom is 0.419 e. The number of alkyl halides is 3. The van der Waals surface area contributed by atoms with Crippen LogP contribution in [0.4, 0.5) is 17.6 Å². The molecule has 1 fully saturated rings. The van der Waals surface area contributed by atoms with Gasteiger partial charge in [0.15, 0.2) is 0 Å². The highest BCUT2D eigenvalue weighted by molar-refractivity contribution is 5.85. The molecule has 1 heterocycles. The molecule has 0 aromatic heterocycles. The summed E-state index contributed by atoms with van der Waals surface area (Å²) < 4.78 is 57.2. The molecular formula is C12H12ClF4NO. The summed E-state index contributed by atoms with van der Waals surface area (Å²) in [4.78, 5) is 0. The van der Waals surface area contributed by atoms with Crippen molar-refractivity contribution < 1.29 is 22.3 Å². The average Bonchev–Trinajstić information content (AvgIpc) is 2.68. The Hall–Kier alpha value is -0.850. The van der Waals surface area contributed by atoms with Gasteiger partial charge >= 0.3 is 6.18 Å². The van der Waals surface area contributed by atoms with E-state index in [1.807, 2.05) is 0 Å². The fourth-order valence-electron chi connectivity index (χ4n) is 2.69. The number of hydrogen-bond donors (Lipinski definition) is 1. The van der Waals surface area contributed by atoms with Crippen molar-refractivity contribution in [2.45, 2.75) is 24.7 Å². The molecular weight excluding hydrogens is 286 g/mol. The standard InChI is InChI=1S/C12H11F4NO.ClH/c13-10-7-5-9-11(17-3-4-18-9)6(7)1-2-8(10)12(14,15)16;/h1-2,9,11,17H,3-5H2;1H. The summed E-state index contributed by atoms with van der Waals surface area (Å²) in [6.07, 6.45) is -4.71. The van der Waals surface area contributed by atoms with Gasteiger partial charge < -0.3 is 10.1 Å². The van der Waals surface area contributed by atoms with Crippen molar-refractivity contribution in [2.24, 2.45) is 0 Å². The molecule has 0 amide bonds. The number of morpholine rings is 1. The van der Waals surface area contributed by atoms with E-state index in [0.29, 0.717) is 18.7 Å². The molecule has 0 bridgehead atoms. The van der Waals surface area contributed by atoms with Gasteiger partial charge in [0.2, 0.25) is 0 Å². The molecule has 1 N–H and O–H groups in total. The third-order valence-electron chi connectivity index (χ3n) is 3.50. The minimum Gasteiger partial charge on any atom is -0.375 e. The van der Waals surface area contributed by atoms with Crippen LogP contribution in [-0.2, 0) is 17.3 Å². The van der Waals surface area contributed by atoms with Crippen LogP contribution < -0.4 is 5.32 Å². The summed E-state index contributed by atoms with van der Waals surface area (Å²) in [6.45, 7) is 1.13. The zero-order valence-corrected chi connectivity index (χ0v) is 10.6. The van der Waals surface area contributed by atoms with Crippen LogP contribution in [-0.4, -0.2) is 19.3 Å². The molecule has 2 unspecified atom stereocenters. The maximum atomic E-state index is 13.9. The first-order valence-electron chi connectivity index (χ1n) is 5.72. The number of hydrogen-bond acceptors (Lipinski definition) is 2. The quantitative estimate of drug-likeness (QED) is 0.744. The Bertz CT molecular complexity index is 491. The molecule has 1 aliphatic heterocycles. The number of nitrogens with one attached hydrogen (secondary N) is 1. The van der Waals surface area contributed by atoms with Crippen molar-refractivity contribution in [1.29, 1.82) is 0 Å². The second-order valence-corrected chi connectivity index (χ2v) is 4.54. The van der Waals surface area contributed by atoms with E-state index in [1.54, 1.807) is 0 Å². The van der Waals surface area contributed by atoms with Gasteiger partial charge in [-0.05, 0) is 17.2 Å². The Morgan fingerprint density at radius 1 is 1.26 bits per heavy atom. The third kappa shape index (κ3) is 2.32. The predicted octanol–water partition coefficient (Wildman–Crippen LogP) is 2.85. The Labute approximate surface area is 113 Å². The fraction of sp³-hybridized carbons (Fsp3) is 0.500. The first-order chi connectivity index (χ1) is 8.48. The van der Waals surface area contributed by atoms with E-state index in [0.717, 1.165) is 6.07 Å². The smallest absolute Gasteiger partial charge is 0.375 e. The van der Waals surface area contributed by atoms with Gasteiger partial charge in [-0.25, -0.2) is 4.39 Å². The summed E-state index contributed by atoms with van der Waals surface area (Å²) in [5, 5.41) is 3.15. The van der Waals surface area contributed by atoms with Gasteiger partial charge in [0.1, 0.15) is 5.82 Å². The van der Waals surface area contributed by atoms with Gasteiger partial charge in [0.05, 0.1) is 24.3 Å². The van der Waals surface area contributed by atoms with Crippen LogP contribution in [0.25, 0.3) is 0 Å². The first kappa shape index (κ1) is 14.6. The van der Waals surface area contributed by atoms with Crippen molar-refractivity contribution >= 4 is 12.4 Å². The van der Waals surface area contributed by atoms with Crippen LogP contribution in [0.2, 0.25) is 0 Å². The molecule has 1 aromatic rings. The van der Waals surface area contributed by atoms with Gasteiger partial charge in [0.25, 0.3) is 0 Å². The summed E-state index contributed by atoms with van der Waals surface area (Å²) in [5.74, 6) is -1.15. The third-order valence-corrected chi connectivity index (χ3v) is 3.50. The maximum absolute atomic E-state index is 13.9. The van der Waals surface area contributed by atoms with Crippen molar-refractivity contribution in [3.8, 4) is 0 Å². The van der Waals surface area contributed by atoms with Crippen LogP contribution in [0.15, 0.2) is 12.1 Å². The molecule has 0 saturated carbocycles. The van der Waals surface area contributed by atoms with Crippen molar-refractivity contribution in [3.63, 3.8) is 0 Å². The van der Waals surface area contributed by atoms with Crippen molar-refractivity contribution in [1.82, 2.24) is 5.32 Å². The topological polar surface area (TPSA) is 21.3 Å². The van der Waals surface area contributed by atoms with E-state index in [1.165, 1.54) is 6.07 Å². The largest absolute Gasteiger partial charge is 0.419 e. The lowest BCUT2D eigenvalue weighted by molar-refractivity contribution is -0.140. The molecule has 0 spiro atoms. The molecule has 1 saturated heterocycles. The number of fused-ring (bicyclic) bond motifs is 3. The van der Waals surface area contributed by atoms with E-state index < -0.39 is 17.6 Å². The normalized spacial score (nSPS) is 25.5. The highest BCUT2D eigenvalue weighted by atomic mass is 35.5. The summed E-state index contributed by atoms with van der Waals surface area (Å²) in [7, 11) is 0. The summed E-state index contributed by atoms with van der Waals surface area (Å²) >= 11 is 0. The van der Waals surface area contributed by atoms with Crippen LogP contribution in [0, 0.1) is 5.82 Å². The van der Waals surface area contributed by atoms with Gasteiger partial charge in [0, 0.05) is 13.0 Å². The molecule has 1 aromatic carbocycles. The zero-order valence-electron chi connectivity index (χ0n) is 9.76. The minimum atomic E-state index is -4.65. The lowest BCUT2D eigenvalue weighted by Crippen LogP contribution is -2.39. The van der Waals surface area contributed by atoms with Crippen LogP contribution in [0.5, 0.6) is 0 Å². The SMILES string of the molecule is Cl.Fc1c(C(F)(F)F)ccc2c1CC1OCCNC21. The highest BCUT2D eigenvalue weighted by Crippen LogP contribution is 2.41. The molecule has 1 aliphatic carbocycles. The second-order valence-electron chi connectivity index (χ2n) is 4.54. The Morgan fingerprint density at radius 2 is 2.00 bits per heavy atom. The first-order valence-corrected chi connectivity index (χ1v) is 5.72. The fourth-order valence-corrected chi connectivity index (χ4v) is 2.69. The summed E-state index contributed by atoms with van der Waals surface area (Å²) in [5.41, 5.74) is -0.473. The molecule has 2 aliphatic rings. The number of halogens is 5. The molecule has 3 rings (SSSR count). The van der Waals surface area contributed by atoms with Crippen LogP contribution in [0.1, 0.15) is 22.7 Å². The molecule has 2 nitrogen and oxygen atoms in total. The summed E-state index contributed by atoms with van der Waals surface area (Å²) in [6, 6.07) is 1.98. The molecule has 2 atom stereocenters. The van der Waals surface area contributed by atoms with Crippen molar-refractivity contribution in [3.05, 3.63) is 34.6 Å². The number of rotatable bonds is 0. The number of ether oxygens (including phenoxy) is 1. The van der Waals surface area contributed by atoms with Gasteiger partial charge in [-0.3, -0.25) is 0 Å². The van der Waals surface area contributed by atoms with Gasteiger partial charge in [-0.15, -0.1) is 12.4 Å². The second kappa shape index (κ2) is 4.92. The van der Waals surface area contributed by atoms with Crippen molar-refractivity contribution in [2.75, 3.05) is 13.2 Å². The Kier molecular flexibility index (Phi) is 3.77. The van der Waals surface area contributed by atoms with E-state index in [4.69, 9.17) is 4.74 Å². The minimum absolute atomic E-state index is 0. The monoisotopic (exact) mass is 297 g/mol. The zero-order chi connectivity index (χ0) is 12.9. The van der Waals surface area contributed by atoms with E-state index in [-0.39, 0.29) is 36.5 Å². The molecule has 0 radical (unpaired) electrons. The van der Waals surface area contributed by atoms with E-state index in [2.05, 4.69) is 5.32 Å². The lowest BCUT2D eigenvalue weighted by Gasteiger charge is -2.27.